The van der Waals surface area contributed by atoms with Crippen molar-refractivity contribution in [3.05, 3.63) is 22.8 Å². The molecule has 1 aliphatic heterocycles. The number of morpholine rings is 1. The van der Waals surface area contributed by atoms with E-state index in [0.29, 0.717) is 24.5 Å². The van der Waals surface area contributed by atoms with E-state index in [1.165, 1.54) is 6.07 Å². The molecule has 1 aromatic rings. The Morgan fingerprint density at radius 1 is 1.47 bits per heavy atom. The zero-order valence-electron chi connectivity index (χ0n) is 10.9. The maximum absolute atomic E-state index is 12.4. The van der Waals surface area contributed by atoms with Gasteiger partial charge in [0, 0.05) is 18.7 Å². The number of hydrogen-bond donors (Lipinski definition) is 2. The van der Waals surface area contributed by atoms with Gasteiger partial charge in [-0.2, -0.15) is 0 Å². The Labute approximate surface area is 116 Å². The van der Waals surface area contributed by atoms with Gasteiger partial charge in [0.15, 0.2) is 0 Å². The molecule has 19 heavy (non-hydrogen) atoms. The minimum Gasteiger partial charge on any atom is -0.372 e. The third-order valence-corrected chi connectivity index (χ3v) is 3.09. The third-order valence-electron chi connectivity index (χ3n) is 2.90. The van der Waals surface area contributed by atoms with Crippen molar-refractivity contribution >= 4 is 23.3 Å². The predicted octanol–water partition coefficient (Wildman–Crippen LogP) is 1.27. The Balaban J connectivity index is 2.21. The van der Waals surface area contributed by atoms with Crippen LogP contribution in [-0.2, 0) is 4.74 Å². The SMILES string of the molecule is C[C@@H]1CN(C(=O)c2cc(Cl)nc(NN)c2)C[C@H](C)O1. The average Bonchev–Trinajstić information content (AvgIpc) is 2.35. The number of hydrogen-bond acceptors (Lipinski definition) is 5. The number of nitrogen functional groups attached to an aromatic ring is 1. The number of aromatic nitrogens is 1. The second-order valence-corrected chi connectivity index (χ2v) is 5.06. The zero-order valence-corrected chi connectivity index (χ0v) is 11.6. The second kappa shape index (κ2) is 5.73. The van der Waals surface area contributed by atoms with Crippen LogP contribution in [-0.4, -0.2) is 41.1 Å². The quantitative estimate of drug-likeness (QED) is 0.486. The molecule has 1 amide bonds. The number of nitrogens with two attached hydrogens (primary N) is 1. The van der Waals surface area contributed by atoms with Crippen molar-refractivity contribution in [2.45, 2.75) is 26.1 Å². The van der Waals surface area contributed by atoms with Gasteiger partial charge in [-0.3, -0.25) is 4.79 Å². The maximum Gasteiger partial charge on any atom is 0.254 e. The van der Waals surface area contributed by atoms with Gasteiger partial charge in [-0.05, 0) is 26.0 Å². The van der Waals surface area contributed by atoms with E-state index in [-0.39, 0.29) is 23.3 Å². The number of carbonyl (C=O) groups is 1. The van der Waals surface area contributed by atoms with Crippen LogP contribution in [0, 0.1) is 0 Å². The molecule has 1 fully saturated rings. The molecule has 0 aromatic carbocycles. The van der Waals surface area contributed by atoms with Crippen LogP contribution in [0.25, 0.3) is 0 Å². The number of pyridine rings is 1. The minimum atomic E-state index is -0.0946. The summed E-state index contributed by atoms with van der Waals surface area (Å²) in [4.78, 5) is 18.1. The maximum atomic E-state index is 12.4. The van der Waals surface area contributed by atoms with Crippen LogP contribution < -0.4 is 11.3 Å². The molecular formula is C12H17ClN4O2. The fourth-order valence-electron chi connectivity index (χ4n) is 2.22. The summed E-state index contributed by atoms with van der Waals surface area (Å²) in [6.45, 7) is 5.02. The molecular weight excluding hydrogens is 268 g/mol. The number of halogens is 1. The monoisotopic (exact) mass is 284 g/mol. The highest BCUT2D eigenvalue weighted by atomic mass is 35.5. The van der Waals surface area contributed by atoms with Gasteiger partial charge in [0.2, 0.25) is 0 Å². The van der Waals surface area contributed by atoms with Crippen LogP contribution in [0.5, 0.6) is 0 Å². The Hall–Kier alpha value is -1.37. The molecule has 3 N–H and O–H groups in total. The van der Waals surface area contributed by atoms with Crippen LogP contribution in [0.2, 0.25) is 5.15 Å². The summed E-state index contributed by atoms with van der Waals surface area (Å²) in [5.74, 6) is 5.57. The molecule has 1 saturated heterocycles. The van der Waals surface area contributed by atoms with Gasteiger partial charge in [-0.15, -0.1) is 0 Å². The molecule has 2 rings (SSSR count). The topological polar surface area (TPSA) is 80.5 Å². The molecule has 1 aromatic heterocycles. The Morgan fingerprint density at radius 2 is 2.11 bits per heavy atom. The first-order valence-electron chi connectivity index (χ1n) is 6.08. The van der Waals surface area contributed by atoms with Crippen LogP contribution in [0.15, 0.2) is 12.1 Å². The van der Waals surface area contributed by atoms with Crippen LogP contribution in [0.1, 0.15) is 24.2 Å². The van der Waals surface area contributed by atoms with E-state index >= 15 is 0 Å². The van der Waals surface area contributed by atoms with Crippen LogP contribution in [0.4, 0.5) is 5.82 Å². The van der Waals surface area contributed by atoms with Gasteiger partial charge >= 0.3 is 0 Å². The van der Waals surface area contributed by atoms with E-state index in [9.17, 15) is 4.79 Å². The molecule has 0 aliphatic carbocycles. The number of carbonyl (C=O) groups excluding carboxylic acids is 1. The molecule has 0 radical (unpaired) electrons. The van der Waals surface area contributed by atoms with Gasteiger partial charge in [0.25, 0.3) is 5.91 Å². The van der Waals surface area contributed by atoms with Gasteiger partial charge in [0.05, 0.1) is 12.2 Å². The predicted molar refractivity (Wildman–Crippen MR) is 73.0 cm³/mol. The highest BCUT2D eigenvalue weighted by Crippen LogP contribution is 2.18. The van der Waals surface area contributed by atoms with Crippen molar-refractivity contribution in [1.82, 2.24) is 9.88 Å². The smallest absolute Gasteiger partial charge is 0.254 e. The molecule has 7 heteroatoms. The van der Waals surface area contributed by atoms with Gasteiger partial charge < -0.3 is 15.1 Å². The fourth-order valence-corrected chi connectivity index (χ4v) is 2.43. The zero-order chi connectivity index (χ0) is 14.0. The normalized spacial score (nSPS) is 23.3. The van der Waals surface area contributed by atoms with Crippen molar-refractivity contribution in [2.24, 2.45) is 5.84 Å². The second-order valence-electron chi connectivity index (χ2n) is 4.68. The first-order valence-corrected chi connectivity index (χ1v) is 6.46. The number of rotatable bonds is 2. The lowest BCUT2D eigenvalue weighted by atomic mass is 10.1. The van der Waals surface area contributed by atoms with E-state index in [1.807, 2.05) is 13.8 Å². The van der Waals surface area contributed by atoms with Gasteiger partial charge in [-0.1, -0.05) is 11.6 Å². The Bertz CT molecular complexity index is 473. The lowest BCUT2D eigenvalue weighted by Crippen LogP contribution is -2.48. The summed E-state index contributed by atoms with van der Waals surface area (Å²) in [7, 11) is 0. The molecule has 0 spiro atoms. The van der Waals surface area contributed by atoms with E-state index in [4.69, 9.17) is 22.2 Å². The van der Waals surface area contributed by atoms with Crippen molar-refractivity contribution in [3.63, 3.8) is 0 Å². The first kappa shape index (κ1) is 14.0. The Kier molecular flexibility index (Phi) is 4.24. The van der Waals surface area contributed by atoms with Gasteiger partial charge in [0.1, 0.15) is 11.0 Å². The van der Waals surface area contributed by atoms with Crippen molar-refractivity contribution in [3.8, 4) is 0 Å². The number of nitrogens with one attached hydrogen (secondary N) is 1. The summed E-state index contributed by atoms with van der Waals surface area (Å²) >= 11 is 5.87. The lowest BCUT2D eigenvalue weighted by molar-refractivity contribution is -0.0586. The number of amides is 1. The first-order chi connectivity index (χ1) is 8.99. The standard InChI is InChI=1S/C12H17ClN4O2/c1-7-5-17(6-8(2)19-7)12(18)9-3-10(13)15-11(4-9)16-14/h3-4,7-8H,5-6,14H2,1-2H3,(H,15,16)/t7-,8+. The molecule has 104 valence electrons. The van der Waals surface area contributed by atoms with Crippen molar-refractivity contribution in [1.29, 1.82) is 0 Å². The molecule has 6 nitrogen and oxygen atoms in total. The lowest BCUT2D eigenvalue weighted by Gasteiger charge is -2.35. The minimum absolute atomic E-state index is 0.0251. The highest BCUT2D eigenvalue weighted by molar-refractivity contribution is 6.29. The van der Waals surface area contributed by atoms with Gasteiger partial charge in [-0.25, -0.2) is 10.8 Å². The summed E-state index contributed by atoms with van der Waals surface area (Å²) in [6.07, 6.45) is 0.0502. The molecule has 0 bridgehead atoms. The molecule has 2 atom stereocenters. The highest BCUT2D eigenvalue weighted by Gasteiger charge is 2.27. The van der Waals surface area contributed by atoms with Crippen LogP contribution in [0.3, 0.4) is 0 Å². The summed E-state index contributed by atoms with van der Waals surface area (Å²) in [6, 6.07) is 3.12. The average molecular weight is 285 g/mol. The number of ether oxygens (including phenoxy) is 1. The summed E-state index contributed by atoms with van der Waals surface area (Å²) < 4.78 is 5.61. The van der Waals surface area contributed by atoms with Crippen molar-refractivity contribution < 1.29 is 9.53 Å². The van der Waals surface area contributed by atoms with E-state index in [0.717, 1.165) is 0 Å². The number of anilines is 1. The van der Waals surface area contributed by atoms with E-state index in [2.05, 4.69) is 10.4 Å². The number of hydrazine groups is 1. The Morgan fingerprint density at radius 3 is 2.68 bits per heavy atom. The van der Waals surface area contributed by atoms with Crippen LogP contribution >= 0.6 is 11.6 Å². The summed E-state index contributed by atoms with van der Waals surface area (Å²) in [5.41, 5.74) is 2.86. The third kappa shape index (κ3) is 3.34. The molecule has 2 heterocycles. The molecule has 0 saturated carbocycles. The fraction of sp³-hybridized carbons (Fsp3) is 0.500. The van der Waals surface area contributed by atoms with E-state index in [1.54, 1.807) is 11.0 Å². The van der Waals surface area contributed by atoms with Crippen molar-refractivity contribution in [2.75, 3.05) is 18.5 Å². The number of nitrogens with zero attached hydrogens (tertiary/aromatic N) is 2. The molecule has 0 unspecified atom stereocenters. The largest absolute Gasteiger partial charge is 0.372 e. The molecule has 1 aliphatic rings. The summed E-state index contributed by atoms with van der Waals surface area (Å²) in [5, 5.41) is 0.230. The van der Waals surface area contributed by atoms with E-state index < -0.39 is 0 Å².